The third kappa shape index (κ3) is 4.37. The molecule has 0 aliphatic carbocycles. The van der Waals surface area contributed by atoms with Gasteiger partial charge in [-0.2, -0.15) is 0 Å². The summed E-state index contributed by atoms with van der Waals surface area (Å²) in [4.78, 5) is 19.0. The number of nitrogens with zero attached hydrogens (tertiary/aromatic N) is 2. The highest BCUT2D eigenvalue weighted by molar-refractivity contribution is 5.90. The highest BCUT2D eigenvalue weighted by Gasteiger charge is 2.26. The molecule has 1 saturated heterocycles. The van der Waals surface area contributed by atoms with Crippen molar-refractivity contribution in [2.24, 2.45) is 0 Å². The van der Waals surface area contributed by atoms with Crippen LogP contribution in [0.15, 0.2) is 36.5 Å². The summed E-state index contributed by atoms with van der Waals surface area (Å²) in [6, 6.07) is 9.75. The number of aromatic nitrogens is 1. The molecule has 0 saturated carbocycles. The highest BCUT2D eigenvalue weighted by atomic mass is 16.7. The summed E-state index contributed by atoms with van der Waals surface area (Å²) in [5.41, 5.74) is 2.77. The van der Waals surface area contributed by atoms with Gasteiger partial charge >= 0.3 is 0 Å². The normalized spacial score (nSPS) is 19.1. The van der Waals surface area contributed by atoms with Gasteiger partial charge in [0, 0.05) is 31.2 Å². The van der Waals surface area contributed by atoms with Gasteiger partial charge in [-0.25, -0.2) is 0 Å². The van der Waals surface area contributed by atoms with Crippen LogP contribution in [0.2, 0.25) is 0 Å². The highest BCUT2D eigenvalue weighted by Crippen LogP contribution is 2.33. The van der Waals surface area contributed by atoms with Crippen LogP contribution in [0, 0.1) is 6.92 Å². The van der Waals surface area contributed by atoms with Crippen LogP contribution in [-0.4, -0.2) is 48.4 Å². The summed E-state index contributed by atoms with van der Waals surface area (Å²) in [5, 5.41) is 2.91. The van der Waals surface area contributed by atoms with E-state index in [0.29, 0.717) is 25.3 Å². The number of carbonyl (C=O) groups is 1. The number of amides is 1. The van der Waals surface area contributed by atoms with Crippen LogP contribution >= 0.6 is 0 Å². The molecule has 2 aliphatic heterocycles. The quantitative estimate of drug-likeness (QED) is 0.872. The lowest BCUT2D eigenvalue weighted by molar-refractivity contribution is -0.119. The lowest BCUT2D eigenvalue weighted by Crippen LogP contribution is -2.46. The van der Waals surface area contributed by atoms with E-state index >= 15 is 0 Å². The maximum absolute atomic E-state index is 12.5. The Morgan fingerprint density at radius 1 is 1.26 bits per heavy atom. The lowest BCUT2D eigenvalue weighted by atomic mass is 10.1. The molecule has 1 atom stereocenters. The van der Waals surface area contributed by atoms with Crippen molar-refractivity contribution in [2.45, 2.75) is 25.9 Å². The zero-order chi connectivity index (χ0) is 18.6. The fourth-order valence-electron chi connectivity index (χ4n) is 3.33. The summed E-state index contributed by atoms with van der Waals surface area (Å²) in [6.45, 7) is 4.93. The second kappa shape index (κ2) is 7.94. The van der Waals surface area contributed by atoms with Gasteiger partial charge in [0.1, 0.15) is 0 Å². The van der Waals surface area contributed by atoms with Crippen LogP contribution in [-0.2, 0) is 16.1 Å². The molecule has 0 spiro atoms. The minimum absolute atomic E-state index is 0.0302. The molecular weight excluding hydrogens is 346 g/mol. The van der Waals surface area contributed by atoms with Gasteiger partial charge < -0.3 is 19.5 Å². The minimum atomic E-state index is -0.0353. The molecule has 1 fully saturated rings. The van der Waals surface area contributed by atoms with Crippen molar-refractivity contribution in [2.75, 3.05) is 31.9 Å². The van der Waals surface area contributed by atoms with E-state index in [1.165, 1.54) is 0 Å². The second-order valence-corrected chi connectivity index (χ2v) is 6.83. The van der Waals surface area contributed by atoms with Gasteiger partial charge in [0.25, 0.3) is 0 Å². The number of carbonyl (C=O) groups excluding carboxylic acids is 1. The molecule has 7 heteroatoms. The van der Waals surface area contributed by atoms with Gasteiger partial charge in [-0.3, -0.25) is 14.7 Å². The van der Waals surface area contributed by atoms with E-state index in [0.717, 1.165) is 35.8 Å². The molecule has 27 heavy (non-hydrogen) atoms. The Balaban J connectivity index is 1.38. The average molecular weight is 369 g/mol. The van der Waals surface area contributed by atoms with E-state index in [9.17, 15) is 4.79 Å². The summed E-state index contributed by atoms with van der Waals surface area (Å²) in [6.07, 6.45) is 2.05. The fraction of sp³-hybridized carbons (Fsp3) is 0.400. The van der Waals surface area contributed by atoms with Crippen molar-refractivity contribution in [1.82, 2.24) is 9.88 Å². The topological polar surface area (TPSA) is 72.9 Å². The molecular formula is C20H23N3O4. The number of nitrogens with one attached hydrogen (secondary N) is 1. The lowest BCUT2D eigenvalue weighted by Gasteiger charge is -2.35. The third-order valence-electron chi connectivity index (χ3n) is 4.79. The number of ether oxygens (including phenoxy) is 3. The van der Waals surface area contributed by atoms with Crippen molar-refractivity contribution >= 4 is 11.6 Å². The molecule has 3 heterocycles. The van der Waals surface area contributed by atoms with Crippen LogP contribution in [0.25, 0.3) is 0 Å². The molecule has 1 aromatic heterocycles. The van der Waals surface area contributed by atoms with Crippen LogP contribution in [0.4, 0.5) is 5.69 Å². The molecule has 1 amide bonds. The number of hydrogen-bond donors (Lipinski definition) is 1. The Morgan fingerprint density at radius 2 is 2.15 bits per heavy atom. The Kier molecular flexibility index (Phi) is 5.22. The molecule has 1 N–H and O–H groups in total. The maximum atomic E-state index is 12.5. The van der Waals surface area contributed by atoms with Gasteiger partial charge in [0.15, 0.2) is 11.5 Å². The zero-order valence-corrected chi connectivity index (χ0v) is 15.3. The first-order chi connectivity index (χ1) is 13.2. The average Bonchev–Trinajstić information content (AvgIpc) is 3.13. The number of fused-ring (bicyclic) bond motifs is 1. The molecule has 7 nitrogen and oxygen atoms in total. The van der Waals surface area contributed by atoms with Crippen LogP contribution in [0.3, 0.4) is 0 Å². The van der Waals surface area contributed by atoms with Crippen LogP contribution < -0.4 is 14.8 Å². The molecule has 0 bridgehead atoms. The SMILES string of the molecule is Cc1ccc(NC(=O)CC2COCCN2Cc2ccc3c(c2)OCO3)cn1. The van der Waals surface area contributed by atoms with Crippen molar-refractivity contribution in [3.8, 4) is 11.5 Å². The van der Waals surface area contributed by atoms with E-state index < -0.39 is 0 Å². The Hall–Kier alpha value is -2.64. The molecule has 142 valence electrons. The monoisotopic (exact) mass is 369 g/mol. The smallest absolute Gasteiger partial charge is 0.231 e. The van der Waals surface area contributed by atoms with Crippen molar-refractivity contribution in [3.05, 3.63) is 47.8 Å². The standard InChI is InChI=1S/C20H23N3O4/c1-14-2-4-16(10-21-14)22-20(24)9-17-12-25-7-6-23(17)11-15-3-5-18-19(8-15)27-13-26-18/h2-5,8,10,17H,6-7,9,11-13H2,1H3,(H,22,24). The summed E-state index contributed by atoms with van der Waals surface area (Å²) in [5.74, 6) is 1.53. The molecule has 1 unspecified atom stereocenters. The Labute approximate surface area is 158 Å². The molecule has 1 aromatic carbocycles. The minimum Gasteiger partial charge on any atom is -0.454 e. The zero-order valence-electron chi connectivity index (χ0n) is 15.3. The first-order valence-electron chi connectivity index (χ1n) is 9.10. The number of pyridine rings is 1. The Bertz CT molecular complexity index is 809. The number of morpholine rings is 1. The van der Waals surface area contributed by atoms with Crippen molar-refractivity contribution < 1.29 is 19.0 Å². The number of benzene rings is 1. The summed E-state index contributed by atoms with van der Waals surface area (Å²) < 4.78 is 16.4. The van der Waals surface area contributed by atoms with Crippen molar-refractivity contribution in [1.29, 1.82) is 0 Å². The van der Waals surface area contributed by atoms with E-state index in [4.69, 9.17) is 14.2 Å². The van der Waals surface area contributed by atoms with Gasteiger partial charge in [-0.1, -0.05) is 6.07 Å². The summed E-state index contributed by atoms with van der Waals surface area (Å²) in [7, 11) is 0. The fourth-order valence-corrected chi connectivity index (χ4v) is 3.33. The van der Waals surface area contributed by atoms with Gasteiger partial charge in [0.2, 0.25) is 12.7 Å². The molecule has 4 rings (SSSR count). The predicted molar refractivity (Wildman–Crippen MR) is 99.8 cm³/mol. The first kappa shape index (κ1) is 17.8. The van der Waals surface area contributed by atoms with Gasteiger partial charge in [0.05, 0.1) is 25.1 Å². The molecule has 0 radical (unpaired) electrons. The Morgan fingerprint density at radius 3 is 3.00 bits per heavy atom. The predicted octanol–water partition coefficient (Wildman–Crippen LogP) is 2.35. The number of aryl methyl sites for hydroxylation is 1. The van der Waals surface area contributed by atoms with Crippen LogP contribution in [0.5, 0.6) is 11.5 Å². The molecule has 2 aromatic rings. The number of hydrogen-bond acceptors (Lipinski definition) is 6. The van der Waals surface area contributed by atoms with E-state index in [2.05, 4.69) is 15.2 Å². The first-order valence-corrected chi connectivity index (χ1v) is 9.10. The second-order valence-electron chi connectivity index (χ2n) is 6.83. The summed E-state index contributed by atoms with van der Waals surface area (Å²) >= 11 is 0. The van der Waals surface area contributed by atoms with E-state index in [1.54, 1.807) is 6.20 Å². The van der Waals surface area contributed by atoms with E-state index in [-0.39, 0.29) is 18.7 Å². The number of anilines is 1. The third-order valence-corrected chi connectivity index (χ3v) is 4.79. The number of rotatable bonds is 5. The maximum Gasteiger partial charge on any atom is 0.231 e. The largest absolute Gasteiger partial charge is 0.454 e. The van der Waals surface area contributed by atoms with Crippen molar-refractivity contribution in [3.63, 3.8) is 0 Å². The molecule has 2 aliphatic rings. The van der Waals surface area contributed by atoms with E-state index in [1.807, 2.05) is 37.3 Å². The van der Waals surface area contributed by atoms with Gasteiger partial charge in [-0.05, 0) is 36.8 Å². The van der Waals surface area contributed by atoms with Crippen LogP contribution in [0.1, 0.15) is 17.7 Å². The van der Waals surface area contributed by atoms with Gasteiger partial charge in [-0.15, -0.1) is 0 Å².